The van der Waals surface area contributed by atoms with Crippen molar-refractivity contribution < 1.29 is 13.6 Å². The summed E-state index contributed by atoms with van der Waals surface area (Å²) in [6.45, 7) is 0.659. The predicted octanol–water partition coefficient (Wildman–Crippen LogP) is 2.91. The number of Topliss-reactive ketones (excluding diaryl/α,β-unsaturated/α-hetero) is 1. The van der Waals surface area contributed by atoms with Crippen LogP contribution in [0.25, 0.3) is 0 Å². The monoisotopic (exact) mass is 253 g/mol. The Hall–Kier alpha value is -1.29. The Kier molecular flexibility index (Phi) is 4.07. The molecule has 4 heteroatoms. The van der Waals surface area contributed by atoms with Crippen LogP contribution < -0.4 is 5.73 Å². The summed E-state index contributed by atoms with van der Waals surface area (Å²) in [5.74, 6) is -1.53. The van der Waals surface area contributed by atoms with Crippen molar-refractivity contribution in [2.45, 2.75) is 25.7 Å². The van der Waals surface area contributed by atoms with Crippen LogP contribution in [0.2, 0.25) is 0 Å². The molecule has 1 aliphatic carbocycles. The lowest BCUT2D eigenvalue weighted by Crippen LogP contribution is -2.25. The van der Waals surface area contributed by atoms with Gasteiger partial charge in [0.15, 0.2) is 17.4 Å². The normalized spacial score (nSPS) is 23.9. The van der Waals surface area contributed by atoms with Crippen LogP contribution in [0.4, 0.5) is 8.78 Å². The molecule has 2 rings (SSSR count). The number of halogens is 2. The zero-order valence-electron chi connectivity index (χ0n) is 10.2. The SMILES string of the molecule is NCC1CCC(C(=O)c2ccc(F)c(F)c2)CC1. The van der Waals surface area contributed by atoms with Crippen molar-refractivity contribution in [2.75, 3.05) is 6.54 Å². The minimum Gasteiger partial charge on any atom is -0.330 e. The molecule has 98 valence electrons. The molecule has 2 nitrogen and oxygen atoms in total. The van der Waals surface area contributed by atoms with Gasteiger partial charge in [-0.1, -0.05) is 0 Å². The van der Waals surface area contributed by atoms with E-state index in [1.165, 1.54) is 6.07 Å². The Balaban J connectivity index is 2.05. The van der Waals surface area contributed by atoms with Gasteiger partial charge >= 0.3 is 0 Å². The van der Waals surface area contributed by atoms with E-state index < -0.39 is 11.6 Å². The van der Waals surface area contributed by atoms with Crippen LogP contribution in [0.15, 0.2) is 18.2 Å². The molecule has 0 bridgehead atoms. The molecule has 1 fully saturated rings. The number of nitrogens with two attached hydrogens (primary N) is 1. The summed E-state index contributed by atoms with van der Waals surface area (Å²) in [7, 11) is 0. The fourth-order valence-corrected chi connectivity index (χ4v) is 2.55. The van der Waals surface area contributed by atoms with Crippen LogP contribution in [0.1, 0.15) is 36.0 Å². The highest BCUT2D eigenvalue weighted by atomic mass is 19.2. The minimum atomic E-state index is -0.962. The summed E-state index contributed by atoms with van der Waals surface area (Å²) in [5.41, 5.74) is 5.86. The quantitative estimate of drug-likeness (QED) is 0.842. The van der Waals surface area contributed by atoms with Gasteiger partial charge in [-0.3, -0.25) is 4.79 Å². The van der Waals surface area contributed by atoms with Gasteiger partial charge in [-0.15, -0.1) is 0 Å². The van der Waals surface area contributed by atoms with Gasteiger partial charge in [0.2, 0.25) is 0 Å². The fourth-order valence-electron chi connectivity index (χ4n) is 2.55. The highest BCUT2D eigenvalue weighted by Gasteiger charge is 2.26. The average molecular weight is 253 g/mol. The van der Waals surface area contributed by atoms with Gasteiger partial charge < -0.3 is 5.73 Å². The maximum Gasteiger partial charge on any atom is 0.166 e. The van der Waals surface area contributed by atoms with Gasteiger partial charge in [-0.2, -0.15) is 0 Å². The molecule has 0 radical (unpaired) electrons. The lowest BCUT2D eigenvalue weighted by Gasteiger charge is -2.26. The van der Waals surface area contributed by atoms with Gasteiger partial charge in [0.05, 0.1) is 0 Å². The Morgan fingerprint density at radius 2 is 1.83 bits per heavy atom. The first-order chi connectivity index (χ1) is 8.61. The molecule has 0 atom stereocenters. The number of carbonyl (C=O) groups is 1. The molecule has 0 aromatic heterocycles. The smallest absolute Gasteiger partial charge is 0.166 e. The maximum absolute atomic E-state index is 13.1. The summed E-state index contributed by atoms with van der Waals surface area (Å²) >= 11 is 0. The van der Waals surface area contributed by atoms with Crippen molar-refractivity contribution >= 4 is 5.78 Å². The first kappa shape index (κ1) is 13.1. The first-order valence-electron chi connectivity index (χ1n) is 6.31. The van der Waals surface area contributed by atoms with E-state index in [1.54, 1.807) is 0 Å². The van der Waals surface area contributed by atoms with Crippen molar-refractivity contribution in [3.63, 3.8) is 0 Å². The number of carbonyl (C=O) groups excluding carboxylic acids is 1. The average Bonchev–Trinajstić information content (AvgIpc) is 2.41. The molecule has 1 saturated carbocycles. The van der Waals surface area contributed by atoms with Crippen molar-refractivity contribution in [2.24, 2.45) is 17.6 Å². The van der Waals surface area contributed by atoms with E-state index in [2.05, 4.69) is 0 Å². The largest absolute Gasteiger partial charge is 0.330 e. The maximum atomic E-state index is 13.1. The molecular weight excluding hydrogens is 236 g/mol. The number of hydrogen-bond donors (Lipinski definition) is 1. The van der Waals surface area contributed by atoms with Crippen LogP contribution in [0.5, 0.6) is 0 Å². The molecule has 0 amide bonds. The second kappa shape index (κ2) is 5.57. The zero-order valence-corrected chi connectivity index (χ0v) is 10.2. The van der Waals surface area contributed by atoms with Crippen molar-refractivity contribution in [1.82, 2.24) is 0 Å². The van der Waals surface area contributed by atoms with E-state index in [9.17, 15) is 13.6 Å². The van der Waals surface area contributed by atoms with E-state index in [0.717, 1.165) is 37.8 Å². The Bertz CT molecular complexity index is 439. The van der Waals surface area contributed by atoms with E-state index in [4.69, 9.17) is 5.73 Å². The molecule has 0 aliphatic heterocycles. The Morgan fingerprint density at radius 1 is 1.17 bits per heavy atom. The minimum absolute atomic E-state index is 0.0716. The van der Waals surface area contributed by atoms with Crippen molar-refractivity contribution in [3.8, 4) is 0 Å². The molecule has 1 aromatic rings. The van der Waals surface area contributed by atoms with E-state index in [-0.39, 0.29) is 17.3 Å². The molecule has 0 saturated heterocycles. The molecule has 2 N–H and O–H groups in total. The topological polar surface area (TPSA) is 43.1 Å². The second-order valence-electron chi connectivity index (χ2n) is 4.95. The highest BCUT2D eigenvalue weighted by molar-refractivity contribution is 5.97. The molecule has 0 spiro atoms. The van der Waals surface area contributed by atoms with Crippen LogP contribution >= 0.6 is 0 Å². The Morgan fingerprint density at radius 3 is 2.39 bits per heavy atom. The third kappa shape index (κ3) is 2.75. The van der Waals surface area contributed by atoms with Crippen molar-refractivity contribution in [1.29, 1.82) is 0 Å². The summed E-state index contributed by atoms with van der Waals surface area (Å²) in [5, 5.41) is 0. The standard InChI is InChI=1S/C14H17F2NO/c15-12-6-5-11(7-13(12)16)14(18)10-3-1-9(8-17)2-4-10/h5-7,9-10H,1-4,8,17H2. The summed E-state index contributed by atoms with van der Waals surface area (Å²) in [4.78, 5) is 12.1. The van der Waals surface area contributed by atoms with Gasteiger partial charge in [-0.05, 0) is 56.3 Å². The summed E-state index contributed by atoms with van der Waals surface area (Å²) < 4.78 is 25.9. The summed E-state index contributed by atoms with van der Waals surface area (Å²) in [6, 6.07) is 3.36. The van der Waals surface area contributed by atoms with Crippen LogP contribution in [-0.2, 0) is 0 Å². The second-order valence-corrected chi connectivity index (χ2v) is 4.95. The lowest BCUT2D eigenvalue weighted by molar-refractivity contribution is 0.0873. The van der Waals surface area contributed by atoms with Crippen LogP contribution in [-0.4, -0.2) is 12.3 Å². The highest BCUT2D eigenvalue weighted by Crippen LogP contribution is 2.30. The third-order valence-corrected chi connectivity index (χ3v) is 3.75. The van der Waals surface area contributed by atoms with Gasteiger partial charge in [0, 0.05) is 11.5 Å². The molecular formula is C14H17F2NO. The number of ketones is 1. The predicted molar refractivity (Wildman–Crippen MR) is 65.2 cm³/mol. The number of hydrogen-bond acceptors (Lipinski definition) is 2. The van der Waals surface area contributed by atoms with Crippen LogP contribution in [0, 0.1) is 23.5 Å². The molecule has 18 heavy (non-hydrogen) atoms. The van der Waals surface area contributed by atoms with E-state index >= 15 is 0 Å². The molecule has 0 unspecified atom stereocenters. The van der Waals surface area contributed by atoms with E-state index in [0.29, 0.717) is 12.5 Å². The van der Waals surface area contributed by atoms with Crippen molar-refractivity contribution in [3.05, 3.63) is 35.4 Å². The fraction of sp³-hybridized carbons (Fsp3) is 0.500. The summed E-state index contributed by atoms with van der Waals surface area (Å²) in [6.07, 6.45) is 3.46. The van der Waals surface area contributed by atoms with Gasteiger partial charge in [-0.25, -0.2) is 8.78 Å². The first-order valence-corrected chi connectivity index (χ1v) is 6.31. The van der Waals surface area contributed by atoms with Crippen LogP contribution in [0.3, 0.4) is 0 Å². The number of rotatable bonds is 3. The lowest BCUT2D eigenvalue weighted by atomic mass is 9.78. The Labute approximate surface area is 105 Å². The molecule has 0 heterocycles. The zero-order chi connectivity index (χ0) is 13.1. The van der Waals surface area contributed by atoms with E-state index in [1.807, 2.05) is 0 Å². The molecule has 1 aromatic carbocycles. The number of benzene rings is 1. The molecule has 1 aliphatic rings. The van der Waals surface area contributed by atoms with Gasteiger partial charge in [0.1, 0.15) is 0 Å². The third-order valence-electron chi connectivity index (χ3n) is 3.75. The van der Waals surface area contributed by atoms with Gasteiger partial charge in [0.25, 0.3) is 0 Å².